The third-order valence-electron chi connectivity index (χ3n) is 2.54. The van der Waals surface area contributed by atoms with Crippen molar-refractivity contribution in [3.05, 3.63) is 21.9 Å². The summed E-state index contributed by atoms with van der Waals surface area (Å²) in [6, 6.07) is 0. The molecule has 1 heterocycles. The van der Waals surface area contributed by atoms with Gasteiger partial charge in [0.2, 0.25) is 0 Å². The Morgan fingerprint density at radius 1 is 1.25 bits per heavy atom. The molecule has 0 amide bonds. The van der Waals surface area contributed by atoms with Gasteiger partial charge in [0, 0.05) is 12.7 Å². The molecule has 1 N–H and O–H groups in total. The molecule has 0 aliphatic heterocycles. The Balaban J connectivity index is 2.68. The first-order valence-corrected chi connectivity index (χ1v) is 4.20. The summed E-state index contributed by atoms with van der Waals surface area (Å²) >= 11 is 0. The lowest BCUT2D eigenvalue weighted by Gasteiger charge is -2.11. The van der Waals surface area contributed by atoms with Gasteiger partial charge >= 0.3 is 5.69 Å². The fourth-order valence-electron chi connectivity index (χ4n) is 1.84. The highest BCUT2D eigenvalue weighted by atomic mass is 16.5. The molecule has 4 nitrogen and oxygen atoms in total. The fraction of sp³-hybridized carbons (Fsp3) is 0.625. The lowest BCUT2D eigenvalue weighted by Crippen LogP contribution is -2.21. The molecule has 0 saturated heterocycles. The van der Waals surface area contributed by atoms with E-state index in [1.54, 1.807) is 7.05 Å². The van der Waals surface area contributed by atoms with E-state index in [-0.39, 0.29) is 5.69 Å². The van der Waals surface area contributed by atoms with E-state index in [2.05, 4.69) is 0 Å². The Hall–Kier alpha value is -1.19. The molecule has 2 rings (SSSR count). The Labute approximate surface area is 70.0 Å². The molecule has 0 unspecified atom stereocenters. The summed E-state index contributed by atoms with van der Waals surface area (Å²) in [5.41, 5.74) is 1.48. The van der Waals surface area contributed by atoms with Crippen LogP contribution in [-0.4, -0.2) is 14.5 Å². The summed E-state index contributed by atoms with van der Waals surface area (Å²) in [5, 5.41) is 9.35. The summed E-state index contributed by atoms with van der Waals surface area (Å²) in [5.74, 6) is 0. The lowest BCUT2D eigenvalue weighted by molar-refractivity contribution is 0.163. The molecule has 12 heavy (non-hydrogen) atoms. The molecule has 66 valence electrons. The largest absolute Gasteiger partial charge is 0.424 e. The molecular weight excluding hydrogens is 156 g/mol. The summed E-state index contributed by atoms with van der Waals surface area (Å²) < 4.78 is 2.32. The number of aromatic nitrogens is 2. The van der Waals surface area contributed by atoms with Gasteiger partial charge < -0.3 is 5.21 Å². The van der Waals surface area contributed by atoms with E-state index in [1.165, 1.54) is 4.57 Å². The van der Waals surface area contributed by atoms with Gasteiger partial charge in [0.15, 0.2) is 0 Å². The van der Waals surface area contributed by atoms with Crippen LogP contribution in [0.25, 0.3) is 0 Å². The molecule has 1 aliphatic rings. The Morgan fingerprint density at radius 2 is 1.83 bits per heavy atom. The summed E-state index contributed by atoms with van der Waals surface area (Å²) in [6.45, 7) is 0. The van der Waals surface area contributed by atoms with E-state index in [9.17, 15) is 10.0 Å². The van der Waals surface area contributed by atoms with Crippen LogP contribution in [0.3, 0.4) is 0 Å². The first-order chi connectivity index (χ1) is 5.72. The van der Waals surface area contributed by atoms with Gasteiger partial charge in [0.05, 0.1) is 5.69 Å². The van der Waals surface area contributed by atoms with Crippen LogP contribution in [-0.2, 0) is 19.9 Å². The number of fused-ring (bicyclic) bond motifs is 1. The van der Waals surface area contributed by atoms with Gasteiger partial charge in [-0.3, -0.25) is 4.57 Å². The molecule has 1 aromatic heterocycles. The monoisotopic (exact) mass is 168 g/mol. The van der Waals surface area contributed by atoms with Gasteiger partial charge in [-0.15, -0.1) is 4.73 Å². The first-order valence-electron chi connectivity index (χ1n) is 4.20. The number of rotatable bonds is 0. The van der Waals surface area contributed by atoms with Crippen LogP contribution in [0.1, 0.15) is 24.2 Å². The van der Waals surface area contributed by atoms with Crippen LogP contribution in [0.5, 0.6) is 0 Å². The maximum Gasteiger partial charge on any atom is 0.361 e. The second kappa shape index (κ2) is 2.40. The summed E-state index contributed by atoms with van der Waals surface area (Å²) in [4.78, 5) is 11.2. The van der Waals surface area contributed by atoms with Gasteiger partial charge in [0.1, 0.15) is 0 Å². The van der Waals surface area contributed by atoms with Crippen LogP contribution in [0, 0.1) is 0 Å². The molecule has 1 aliphatic carbocycles. The van der Waals surface area contributed by atoms with Crippen molar-refractivity contribution in [2.24, 2.45) is 7.05 Å². The molecule has 0 bridgehead atoms. The van der Waals surface area contributed by atoms with Gasteiger partial charge in [-0.05, 0) is 25.7 Å². The highest BCUT2D eigenvalue weighted by Gasteiger charge is 2.19. The molecule has 4 heteroatoms. The predicted octanol–water partition coefficient (Wildman–Crippen LogP) is 0.303. The Morgan fingerprint density at radius 3 is 2.42 bits per heavy atom. The average molecular weight is 168 g/mol. The van der Waals surface area contributed by atoms with Crippen LogP contribution in [0.2, 0.25) is 0 Å². The number of hydrogen-bond donors (Lipinski definition) is 1. The van der Waals surface area contributed by atoms with E-state index in [1.807, 2.05) is 0 Å². The first kappa shape index (κ1) is 7.46. The van der Waals surface area contributed by atoms with Crippen LogP contribution < -0.4 is 5.69 Å². The normalized spacial score (nSPS) is 16.1. The second-order valence-electron chi connectivity index (χ2n) is 3.25. The molecule has 0 aromatic carbocycles. The minimum Gasteiger partial charge on any atom is -0.424 e. The second-order valence-corrected chi connectivity index (χ2v) is 3.25. The zero-order valence-electron chi connectivity index (χ0n) is 7.08. The standard InChI is InChI=1S/C8H12N2O2/c1-9-6-4-2-3-5-7(6)10(12)8(9)11/h12H,2-5H2,1H3. The van der Waals surface area contributed by atoms with Gasteiger partial charge in [0.25, 0.3) is 0 Å². The number of hydrogen-bond acceptors (Lipinski definition) is 2. The van der Waals surface area contributed by atoms with E-state index in [0.29, 0.717) is 0 Å². The minimum atomic E-state index is -0.318. The summed E-state index contributed by atoms with van der Waals surface area (Å²) in [6.07, 6.45) is 3.91. The van der Waals surface area contributed by atoms with E-state index < -0.39 is 0 Å². The van der Waals surface area contributed by atoms with E-state index in [4.69, 9.17) is 0 Å². The van der Waals surface area contributed by atoms with E-state index >= 15 is 0 Å². The fourth-order valence-corrected chi connectivity index (χ4v) is 1.84. The maximum atomic E-state index is 11.2. The van der Waals surface area contributed by atoms with Crippen LogP contribution in [0.15, 0.2) is 4.79 Å². The quantitative estimate of drug-likeness (QED) is 0.566. The van der Waals surface area contributed by atoms with Gasteiger partial charge in [-0.25, -0.2) is 4.79 Å². The SMILES string of the molecule is Cn1c2c(n(O)c1=O)CCCC2. The van der Waals surface area contributed by atoms with Crippen LogP contribution in [0.4, 0.5) is 0 Å². The average Bonchev–Trinajstić information content (AvgIpc) is 2.33. The summed E-state index contributed by atoms with van der Waals surface area (Å²) in [7, 11) is 1.71. The van der Waals surface area contributed by atoms with E-state index in [0.717, 1.165) is 41.8 Å². The van der Waals surface area contributed by atoms with Gasteiger partial charge in [-0.2, -0.15) is 0 Å². The van der Waals surface area contributed by atoms with Crippen LogP contribution >= 0.6 is 0 Å². The molecule has 0 atom stereocenters. The van der Waals surface area contributed by atoms with Crippen molar-refractivity contribution in [2.75, 3.05) is 0 Å². The molecule has 0 saturated carbocycles. The van der Waals surface area contributed by atoms with Crippen molar-refractivity contribution >= 4 is 0 Å². The highest BCUT2D eigenvalue weighted by molar-refractivity contribution is 5.16. The molecule has 1 aromatic rings. The third-order valence-corrected chi connectivity index (χ3v) is 2.54. The zero-order chi connectivity index (χ0) is 8.72. The zero-order valence-corrected chi connectivity index (χ0v) is 7.08. The Bertz CT molecular complexity index is 329. The lowest BCUT2D eigenvalue weighted by atomic mass is 10.0. The van der Waals surface area contributed by atoms with Crippen molar-refractivity contribution < 1.29 is 5.21 Å². The molecule has 0 spiro atoms. The number of imidazole rings is 1. The molecule has 0 radical (unpaired) electrons. The van der Waals surface area contributed by atoms with Crippen molar-refractivity contribution in [3.63, 3.8) is 0 Å². The maximum absolute atomic E-state index is 11.2. The smallest absolute Gasteiger partial charge is 0.361 e. The van der Waals surface area contributed by atoms with Gasteiger partial charge in [-0.1, -0.05) is 0 Å². The predicted molar refractivity (Wildman–Crippen MR) is 43.5 cm³/mol. The molecule has 0 fully saturated rings. The number of nitrogens with zero attached hydrogens (tertiary/aromatic N) is 2. The Kier molecular flexibility index (Phi) is 1.49. The van der Waals surface area contributed by atoms with Crippen molar-refractivity contribution in [3.8, 4) is 0 Å². The highest BCUT2D eigenvalue weighted by Crippen LogP contribution is 2.18. The third kappa shape index (κ3) is 0.807. The van der Waals surface area contributed by atoms with Crippen molar-refractivity contribution in [2.45, 2.75) is 25.7 Å². The minimum absolute atomic E-state index is 0.318. The molecular formula is C8H12N2O2. The van der Waals surface area contributed by atoms with Crippen molar-refractivity contribution in [1.29, 1.82) is 0 Å². The van der Waals surface area contributed by atoms with Crippen molar-refractivity contribution in [1.82, 2.24) is 9.30 Å². The topological polar surface area (TPSA) is 47.2 Å².